The molecule has 1 aliphatic rings. The van der Waals surface area contributed by atoms with Crippen LogP contribution in [0.5, 0.6) is 0 Å². The van der Waals surface area contributed by atoms with Crippen molar-refractivity contribution < 1.29 is 9.18 Å². The standard InChI is InChI=1S/C17H21FN4O/c1-11(13-6-2-3-7-14(13)18)22-8-4-5-12(10-22)15-9-16(17(19)23)21-20-15/h2-3,6-7,9,11-12H,4-5,8,10H2,1H3,(H2,19,23)(H,20,21)/t11-,12+/m0/s1. The zero-order valence-electron chi connectivity index (χ0n) is 13.1. The number of aromatic amines is 1. The van der Waals surface area contributed by atoms with Gasteiger partial charge in [-0.2, -0.15) is 5.10 Å². The number of hydrogen-bond donors (Lipinski definition) is 2. The van der Waals surface area contributed by atoms with Gasteiger partial charge in [-0.3, -0.25) is 14.8 Å². The van der Waals surface area contributed by atoms with Gasteiger partial charge in [-0.05, 0) is 38.4 Å². The van der Waals surface area contributed by atoms with Gasteiger partial charge in [0.25, 0.3) is 5.91 Å². The van der Waals surface area contributed by atoms with Crippen LogP contribution in [-0.2, 0) is 0 Å². The Hall–Kier alpha value is -2.21. The molecule has 3 rings (SSSR count). The fourth-order valence-corrected chi connectivity index (χ4v) is 3.29. The molecule has 5 nitrogen and oxygen atoms in total. The number of aromatic nitrogens is 2. The van der Waals surface area contributed by atoms with Crippen LogP contribution in [0.25, 0.3) is 0 Å². The molecule has 2 aromatic rings. The van der Waals surface area contributed by atoms with Crippen molar-refractivity contribution in [1.82, 2.24) is 15.1 Å². The van der Waals surface area contributed by atoms with Crippen molar-refractivity contribution in [3.05, 3.63) is 53.1 Å². The first-order valence-corrected chi connectivity index (χ1v) is 7.90. The van der Waals surface area contributed by atoms with Crippen molar-refractivity contribution in [2.24, 2.45) is 5.73 Å². The molecule has 1 amide bonds. The number of carbonyl (C=O) groups is 1. The quantitative estimate of drug-likeness (QED) is 0.910. The summed E-state index contributed by atoms with van der Waals surface area (Å²) in [4.78, 5) is 13.5. The van der Waals surface area contributed by atoms with E-state index in [1.54, 1.807) is 12.1 Å². The number of rotatable bonds is 4. The Bertz CT molecular complexity index is 699. The van der Waals surface area contributed by atoms with Gasteiger partial charge in [0, 0.05) is 29.8 Å². The summed E-state index contributed by atoms with van der Waals surface area (Å²) >= 11 is 0. The number of hydrogen-bond acceptors (Lipinski definition) is 3. The molecule has 0 bridgehead atoms. The van der Waals surface area contributed by atoms with E-state index < -0.39 is 5.91 Å². The molecule has 0 spiro atoms. The predicted octanol–water partition coefficient (Wildman–Crippen LogP) is 2.59. The molecule has 1 aromatic heterocycles. The van der Waals surface area contributed by atoms with E-state index in [0.29, 0.717) is 0 Å². The minimum Gasteiger partial charge on any atom is -0.364 e. The molecule has 0 unspecified atom stereocenters. The van der Waals surface area contributed by atoms with Gasteiger partial charge in [0.05, 0.1) is 0 Å². The molecule has 0 aliphatic carbocycles. The van der Waals surface area contributed by atoms with Gasteiger partial charge in [-0.1, -0.05) is 18.2 Å². The fraction of sp³-hybridized carbons (Fsp3) is 0.412. The van der Waals surface area contributed by atoms with E-state index in [0.717, 1.165) is 37.2 Å². The normalized spacial score (nSPS) is 20.3. The van der Waals surface area contributed by atoms with Crippen LogP contribution in [0.1, 0.15) is 53.5 Å². The maximum absolute atomic E-state index is 14.0. The van der Waals surface area contributed by atoms with E-state index in [1.165, 1.54) is 6.07 Å². The first-order valence-electron chi connectivity index (χ1n) is 7.90. The SMILES string of the molecule is C[C@@H](c1ccccc1F)N1CCC[C@@H](c2cc(C(N)=O)n[nH]2)C1. The molecule has 3 N–H and O–H groups in total. The first-order chi connectivity index (χ1) is 11.1. The molecule has 23 heavy (non-hydrogen) atoms. The second-order valence-corrected chi connectivity index (χ2v) is 6.10. The van der Waals surface area contributed by atoms with E-state index in [9.17, 15) is 9.18 Å². The molecule has 1 aromatic carbocycles. The minimum atomic E-state index is -0.528. The van der Waals surface area contributed by atoms with Crippen LogP contribution in [-0.4, -0.2) is 34.1 Å². The summed E-state index contributed by atoms with van der Waals surface area (Å²) in [6.45, 7) is 3.77. The van der Waals surface area contributed by atoms with Crippen LogP contribution in [0.3, 0.4) is 0 Å². The lowest BCUT2D eigenvalue weighted by atomic mass is 9.92. The molecule has 122 valence electrons. The Morgan fingerprint density at radius 2 is 2.26 bits per heavy atom. The lowest BCUT2D eigenvalue weighted by molar-refractivity contribution is 0.0995. The highest BCUT2D eigenvalue weighted by Gasteiger charge is 2.27. The lowest BCUT2D eigenvalue weighted by Crippen LogP contribution is -2.36. The molecule has 2 heterocycles. The maximum Gasteiger partial charge on any atom is 0.269 e. The summed E-state index contributed by atoms with van der Waals surface area (Å²) in [5.74, 6) is -0.446. The van der Waals surface area contributed by atoms with Gasteiger partial charge in [-0.15, -0.1) is 0 Å². The highest BCUT2D eigenvalue weighted by atomic mass is 19.1. The number of halogens is 1. The van der Waals surface area contributed by atoms with Gasteiger partial charge in [0.15, 0.2) is 0 Å². The van der Waals surface area contributed by atoms with Gasteiger partial charge >= 0.3 is 0 Å². The predicted molar refractivity (Wildman–Crippen MR) is 85.5 cm³/mol. The van der Waals surface area contributed by atoms with Gasteiger partial charge < -0.3 is 5.73 Å². The van der Waals surface area contributed by atoms with Crippen LogP contribution < -0.4 is 5.73 Å². The van der Waals surface area contributed by atoms with Crippen molar-refractivity contribution in [3.63, 3.8) is 0 Å². The fourth-order valence-electron chi connectivity index (χ4n) is 3.29. The van der Waals surface area contributed by atoms with Crippen molar-refractivity contribution in [2.45, 2.75) is 31.7 Å². The average molecular weight is 316 g/mol. The third kappa shape index (κ3) is 3.27. The first kappa shape index (κ1) is 15.7. The van der Waals surface area contributed by atoms with Crippen molar-refractivity contribution >= 4 is 5.91 Å². The molecule has 6 heteroatoms. The maximum atomic E-state index is 14.0. The van der Waals surface area contributed by atoms with Gasteiger partial charge in [0.2, 0.25) is 0 Å². The summed E-state index contributed by atoms with van der Waals surface area (Å²) in [5.41, 5.74) is 7.15. The van der Waals surface area contributed by atoms with Crippen LogP contribution in [0.4, 0.5) is 4.39 Å². The summed E-state index contributed by atoms with van der Waals surface area (Å²) in [7, 11) is 0. The van der Waals surface area contributed by atoms with Crippen molar-refractivity contribution in [2.75, 3.05) is 13.1 Å². The summed E-state index contributed by atoms with van der Waals surface area (Å²) < 4.78 is 14.0. The van der Waals surface area contributed by atoms with Crippen LogP contribution in [0, 0.1) is 5.82 Å². The zero-order chi connectivity index (χ0) is 16.4. The summed E-state index contributed by atoms with van der Waals surface area (Å²) in [5, 5.41) is 6.87. The lowest BCUT2D eigenvalue weighted by Gasteiger charge is -2.36. The Morgan fingerprint density at radius 3 is 2.96 bits per heavy atom. The third-order valence-electron chi connectivity index (χ3n) is 4.65. The monoisotopic (exact) mass is 316 g/mol. The highest BCUT2D eigenvalue weighted by Crippen LogP contribution is 2.32. The number of likely N-dealkylation sites (tertiary alicyclic amines) is 1. The van der Waals surface area contributed by atoms with E-state index in [4.69, 9.17) is 5.73 Å². The van der Waals surface area contributed by atoms with Crippen LogP contribution in [0.2, 0.25) is 0 Å². The second kappa shape index (κ2) is 6.50. The van der Waals surface area contributed by atoms with Crippen LogP contribution >= 0.6 is 0 Å². The number of amides is 1. The number of piperidine rings is 1. The van der Waals surface area contributed by atoms with Crippen molar-refractivity contribution in [1.29, 1.82) is 0 Å². The number of nitrogens with zero attached hydrogens (tertiary/aromatic N) is 2. The van der Waals surface area contributed by atoms with Gasteiger partial charge in [0.1, 0.15) is 11.5 Å². The molecule has 0 radical (unpaired) electrons. The van der Waals surface area contributed by atoms with Gasteiger partial charge in [-0.25, -0.2) is 4.39 Å². The molecule has 0 saturated carbocycles. The number of benzene rings is 1. The molecule has 1 fully saturated rings. The number of nitrogens with two attached hydrogens (primary N) is 1. The van der Waals surface area contributed by atoms with E-state index >= 15 is 0 Å². The summed E-state index contributed by atoms with van der Waals surface area (Å²) in [6.07, 6.45) is 2.04. The second-order valence-electron chi connectivity index (χ2n) is 6.10. The molecular weight excluding hydrogens is 295 g/mol. The Morgan fingerprint density at radius 1 is 1.48 bits per heavy atom. The number of nitrogens with one attached hydrogen (secondary N) is 1. The number of primary amides is 1. The minimum absolute atomic E-state index is 0.0116. The molecular formula is C17H21FN4O. The van der Waals surface area contributed by atoms with E-state index in [2.05, 4.69) is 15.1 Å². The number of H-pyrrole nitrogens is 1. The smallest absolute Gasteiger partial charge is 0.269 e. The topological polar surface area (TPSA) is 75.0 Å². The highest BCUT2D eigenvalue weighted by molar-refractivity contribution is 5.90. The zero-order valence-corrected chi connectivity index (χ0v) is 13.1. The summed E-state index contributed by atoms with van der Waals surface area (Å²) in [6, 6.07) is 8.65. The molecule has 2 atom stereocenters. The largest absolute Gasteiger partial charge is 0.364 e. The Balaban J connectivity index is 1.75. The van der Waals surface area contributed by atoms with Crippen LogP contribution in [0.15, 0.2) is 30.3 Å². The number of carbonyl (C=O) groups excluding carboxylic acids is 1. The Kier molecular flexibility index (Phi) is 4.43. The average Bonchev–Trinajstić information content (AvgIpc) is 3.05. The van der Waals surface area contributed by atoms with Crippen molar-refractivity contribution in [3.8, 4) is 0 Å². The molecule has 1 saturated heterocycles. The molecule has 1 aliphatic heterocycles. The van der Waals surface area contributed by atoms with E-state index in [-0.39, 0.29) is 23.5 Å². The van der Waals surface area contributed by atoms with E-state index in [1.807, 2.05) is 19.1 Å². The Labute approximate surface area is 134 Å². The third-order valence-corrected chi connectivity index (χ3v) is 4.65.